The Morgan fingerprint density at radius 3 is 2.36 bits per heavy atom. The first-order chi connectivity index (χ1) is 13.5. The third-order valence-electron chi connectivity index (χ3n) is 5.95. The fraction of sp³-hybridized carbons (Fsp3) is 0.684. The lowest BCUT2D eigenvalue weighted by atomic mass is 9.91. The second kappa shape index (κ2) is 8.34. The van der Waals surface area contributed by atoms with Crippen LogP contribution >= 0.6 is 0 Å². The van der Waals surface area contributed by atoms with Crippen molar-refractivity contribution in [1.82, 2.24) is 14.2 Å². The van der Waals surface area contributed by atoms with Gasteiger partial charge in [0, 0.05) is 51.4 Å². The Kier molecular flexibility index (Phi) is 5.84. The van der Waals surface area contributed by atoms with Gasteiger partial charge < -0.3 is 14.4 Å². The molecule has 3 fully saturated rings. The molecule has 3 saturated heterocycles. The topological polar surface area (TPSA) is 89.0 Å². The van der Waals surface area contributed by atoms with Gasteiger partial charge in [0.15, 0.2) is 0 Å². The third-order valence-corrected chi connectivity index (χ3v) is 8.18. The van der Waals surface area contributed by atoms with Crippen LogP contribution < -0.4 is 0 Å². The van der Waals surface area contributed by atoms with Crippen molar-refractivity contribution in [2.75, 3.05) is 39.4 Å². The molecule has 0 N–H and O–H groups in total. The molecule has 1 aromatic heterocycles. The van der Waals surface area contributed by atoms with E-state index in [1.54, 1.807) is 16.7 Å². The Bertz CT molecular complexity index is 768. The van der Waals surface area contributed by atoms with Crippen molar-refractivity contribution >= 4 is 16.1 Å². The van der Waals surface area contributed by atoms with Gasteiger partial charge in [-0.05, 0) is 36.5 Å². The molecule has 0 unspecified atom stereocenters. The highest BCUT2D eigenvalue weighted by Crippen LogP contribution is 2.31. The third kappa shape index (κ3) is 4.16. The molecule has 0 atom stereocenters. The molecule has 0 saturated carbocycles. The Hall–Kier alpha value is -1.71. The number of likely N-dealkylation sites (tertiary alicyclic amines) is 1. The second-order valence-electron chi connectivity index (χ2n) is 7.72. The summed E-state index contributed by atoms with van der Waals surface area (Å²) in [6.45, 7) is 2.69. The highest BCUT2D eigenvalue weighted by atomic mass is 32.2. The largest absolute Gasteiger partial charge is 0.446 e. The molecule has 8 nitrogen and oxygen atoms in total. The van der Waals surface area contributed by atoms with Crippen molar-refractivity contribution in [2.24, 2.45) is 0 Å². The van der Waals surface area contributed by atoms with E-state index < -0.39 is 21.4 Å². The molecule has 1 aromatic rings. The molecule has 4 heterocycles. The maximum Gasteiger partial charge on any atom is 0.410 e. The van der Waals surface area contributed by atoms with Crippen LogP contribution in [0.4, 0.5) is 4.79 Å². The quantitative estimate of drug-likeness (QED) is 0.750. The van der Waals surface area contributed by atoms with Gasteiger partial charge in [0.1, 0.15) is 11.4 Å². The summed E-state index contributed by atoms with van der Waals surface area (Å²) in [5, 5.41) is -0.521. The van der Waals surface area contributed by atoms with Crippen molar-refractivity contribution in [3.05, 3.63) is 30.1 Å². The number of hydrogen-bond acceptors (Lipinski definition) is 6. The molecule has 0 bridgehead atoms. The summed E-state index contributed by atoms with van der Waals surface area (Å²) in [5.41, 5.74) is 1.22. The van der Waals surface area contributed by atoms with Gasteiger partial charge in [-0.1, -0.05) is 0 Å². The number of sulfonamides is 1. The van der Waals surface area contributed by atoms with E-state index in [0.717, 1.165) is 12.8 Å². The molecule has 0 radical (unpaired) electrons. The van der Waals surface area contributed by atoms with Crippen molar-refractivity contribution in [1.29, 1.82) is 0 Å². The maximum absolute atomic E-state index is 12.9. The van der Waals surface area contributed by atoms with Crippen LogP contribution in [0.15, 0.2) is 24.5 Å². The highest BCUT2D eigenvalue weighted by molar-refractivity contribution is 7.89. The monoisotopic (exact) mass is 409 g/mol. The summed E-state index contributed by atoms with van der Waals surface area (Å²) in [6.07, 6.45) is 6.05. The SMILES string of the molecule is O=C(OC1CCOCC1)N1CC(S(=O)(=O)N2CCC(c3ccncc3)CC2)C1. The number of carbonyl (C=O) groups is 1. The van der Waals surface area contributed by atoms with Crippen molar-refractivity contribution in [2.45, 2.75) is 43.0 Å². The summed E-state index contributed by atoms with van der Waals surface area (Å²) in [6, 6.07) is 4.01. The van der Waals surface area contributed by atoms with Crippen LogP contribution in [-0.4, -0.2) is 79.4 Å². The molecule has 9 heteroatoms. The van der Waals surface area contributed by atoms with Crippen LogP contribution in [0.1, 0.15) is 37.2 Å². The van der Waals surface area contributed by atoms with E-state index in [-0.39, 0.29) is 19.2 Å². The number of aromatic nitrogens is 1. The van der Waals surface area contributed by atoms with Gasteiger partial charge in [-0.15, -0.1) is 0 Å². The first-order valence-electron chi connectivity index (χ1n) is 9.96. The minimum atomic E-state index is -3.38. The smallest absolute Gasteiger partial charge is 0.410 e. The Morgan fingerprint density at radius 1 is 1.07 bits per heavy atom. The van der Waals surface area contributed by atoms with Gasteiger partial charge in [-0.3, -0.25) is 4.98 Å². The molecule has 1 amide bonds. The number of piperidine rings is 1. The van der Waals surface area contributed by atoms with Gasteiger partial charge in [0.2, 0.25) is 10.0 Å². The lowest BCUT2D eigenvalue weighted by Gasteiger charge is -2.42. The fourth-order valence-corrected chi connectivity index (χ4v) is 5.95. The van der Waals surface area contributed by atoms with Gasteiger partial charge in [-0.25, -0.2) is 17.5 Å². The minimum absolute atomic E-state index is 0.121. The van der Waals surface area contributed by atoms with Gasteiger partial charge in [0.05, 0.1) is 13.2 Å². The zero-order chi connectivity index (χ0) is 19.6. The highest BCUT2D eigenvalue weighted by Gasteiger charge is 2.44. The number of ether oxygens (including phenoxy) is 2. The van der Waals surface area contributed by atoms with E-state index in [1.165, 1.54) is 10.5 Å². The molecular formula is C19H27N3O5S. The number of amides is 1. The molecule has 0 spiro atoms. The molecule has 3 aliphatic heterocycles. The van der Waals surface area contributed by atoms with Crippen molar-refractivity contribution in [3.63, 3.8) is 0 Å². The molecule has 28 heavy (non-hydrogen) atoms. The minimum Gasteiger partial charge on any atom is -0.446 e. The van der Waals surface area contributed by atoms with E-state index in [4.69, 9.17) is 9.47 Å². The van der Waals surface area contributed by atoms with Gasteiger partial charge >= 0.3 is 6.09 Å². The zero-order valence-corrected chi connectivity index (χ0v) is 16.7. The molecule has 4 rings (SSSR count). The number of nitrogens with zero attached hydrogens (tertiary/aromatic N) is 3. The fourth-order valence-electron chi connectivity index (χ4n) is 4.08. The van der Waals surface area contributed by atoms with Gasteiger partial charge in [0.25, 0.3) is 0 Å². The lowest BCUT2D eigenvalue weighted by Crippen LogP contribution is -2.60. The van der Waals surface area contributed by atoms with E-state index >= 15 is 0 Å². The van der Waals surface area contributed by atoms with E-state index in [0.29, 0.717) is 45.1 Å². The molecule has 0 aliphatic carbocycles. The number of carbonyl (C=O) groups excluding carboxylic acids is 1. The van der Waals surface area contributed by atoms with E-state index in [9.17, 15) is 13.2 Å². The zero-order valence-electron chi connectivity index (χ0n) is 15.9. The summed E-state index contributed by atoms with van der Waals surface area (Å²) in [7, 11) is -3.38. The molecular weight excluding hydrogens is 382 g/mol. The summed E-state index contributed by atoms with van der Waals surface area (Å²) in [5.74, 6) is 0.377. The van der Waals surface area contributed by atoms with Crippen molar-refractivity contribution in [3.8, 4) is 0 Å². The van der Waals surface area contributed by atoms with Crippen LogP contribution in [0.3, 0.4) is 0 Å². The van der Waals surface area contributed by atoms with Crippen molar-refractivity contribution < 1.29 is 22.7 Å². The number of pyridine rings is 1. The summed E-state index contributed by atoms with van der Waals surface area (Å²) in [4.78, 5) is 17.7. The standard InChI is InChI=1S/C19H27N3O5S/c23-19(27-17-5-11-26-12-6-17)21-13-18(14-21)28(24,25)22-9-3-16(4-10-22)15-1-7-20-8-2-15/h1-2,7-8,16-18H,3-6,9-14H2. The predicted octanol–water partition coefficient (Wildman–Crippen LogP) is 1.59. The molecule has 0 aromatic carbocycles. The Morgan fingerprint density at radius 2 is 1.71 bits per heavy atom. The number of rotatable bonds is 4. The van der Waals surface area contributed by atoms with E-state index in [2.05, 4.69) is 4.98 Å². The van der Waals surface area contributed by atoms with Crippen LogP contribution in [0.5, 0.6) is 0 Å². The lowest BCUT2D eigenvalue weighted by molar-refractivity contribution is -0.0155. The molecule has 154 valence electrons. The van der Waals surface area contributed by atoms with E-state index in [1.807, 2.05) is 12.1 Å². The van der Waals surface area contributed by atoms with Crippen LogP contribution in [0.2, 0.25) is 0 Å². The average Bonchev–Trinajstić information content (AvgIpc) is 2.68. The first-order valence-corrected chi connectivity index (χ1v) is 11.5. The Labute approximate surface area is 165 Å². The van der Waals surface area contributed by atoms with Crippen LogP contribution in [0, 0.1) is 0 Å². The number of hydrogen-bond donors (Lipinski definition) is 0. The predicted molar refractivity (Wildman–Crippen MR) is 102 cm³/mol. The summed E-state index contributed by atoms with van der Waals surface area (Å²) >= 11 is 0. The normalized spacial score (nSPS) is 23.4. The summed E-state index contributed by atoms with van der Waals surface area (Å²) < 4.78 is 38.1. The van der Waals surface area contributed by atoms with Crippen LogP contribution in [-0.2, 0) is 19.5 Å². The maximum atomic E-state index is 12.9. The van der Waals surface area contributed by atoms with Crippen LogP contribution in [0.25, 0.3) is 0 Å². The average molecular weight is 410 g/mol. The Balaban J connectivity index is 1.25. The first kappa shape index (κ1) is 19.6. The second-order valence-corrected chi connectivity index (χ2v) is 9.93. The molecule has 3 aliphatic rings. The van der Waals surface area contributed by atoms with Gasteiger partial charge in [-0.2, -0.15) is 0 Å².